The molecule has 0 N–H and O–H groups in total. The fourth-order valence-electron chi connectivity index (χ4n) is 1.48. The predicted molar refractivity (Wildman–Crippen MR) is 52.7 cm³/mol. The summed E-state index contributed by atoms with van der Waals surface area (Å²) < 4.78 is 0. The van der Waals surface area contributed by atoms with E-state index in [0.29, 0.717) is 5.56 Å². The highest BCUT2D eigenvalue weighted by Gasteiger charge is 2.24. The molecule has 0 saturated heterocycles. The Balaban J connectivity index is 2.16. The van der Waals surface area contributed by atoms with E-state index in [-0.39, 0.29) is 0 Å². The van der Waals surface area contributed by atoms with Crippen molar-refractivity contribution in [1.82, 2.24) is 9.97 Å². The topological polar surface area (TPSA) is 52.8 Å². The van der Waals surface area contributed by atoms with Crippen molar-refractivity contribution >= 4 is 5.82 Å². The van der Waals surface area contributed by atoms with Crippen molar-refractivity contribution in [3.05, 3.63) is 18.1 Å². The third-order valence-corrected chi connectivity index (χ3v) is 2.40. The number of anilines is 1. The van der Waals surface area contributed by atoms with Gasteiger partial charge in [-0.1, -0.05) is 0 Å². The van der Waals surface area contributed by atoms with E-state index in [1.807, 2.05) is 11.9 Å². The average molecular weight is 188 g/mol. The third-order valence-electron chi connectivity index (χ3n) is 2.40. The molecule has 2 rings (SSSR count). The van der Waals surface area contributed by atoms with Crippen LogP contribution in [0.5, 0.6) is 0 Å². The van der Waals surface area contributed by atoms with Crippen molar-refractivity contribution in [3.63, 3.8) is 0 Å². The number of aromatic nitrogens is 2. The molecule has 0 atom stereocenters. The van der Waals surface area contributed by atoms with E-state index in [1.165, 1.54) is 19.2 Å². The van der Waals surface area contributed by atoms with Crippen LogP contribution < -0.4 is 4.90 Å². The van der Waals surface area contributed by atoms with Gasteiger partial charge in [0.2, 0.25) is 0 Å². The number of nitrogens with zero attached hydrogens (tertiary/aromatic N) is 4. The van der Waals surface area contributed by atoms with Crippen LogP contribution in [0, 0.1) is 17.2 Å². The number of hydrogen-bond acceptors (Lipinski definition) is 4. The lowest BCUT2D eigenvalue weighted by molar-refractivity contribution is 0.774. The molecule has 4 heteroatoms. The molecule has 72 valence electrons. The SMILES string of the molecule is CN(CC1CC1)c1ncncc1C#N. The highest BCUT2D eigenvalue weighted by Crippen LogP contribution is 2.30. The normalized spacial score (nSPS) is 14.9. The van der Waals surface area contributed by atoms with Gasteiger partial charge in [-0.05, 0) is 18.8 Å². The summed E-state index contributed by atoms with van der Waals surface area (Å²) in [5.41, 5.74) is 0.552. The minimum Gasteiger partial charge on any atom is -0.358 e. The van der Waals surface area contributed by atoms with Crippen LogP contribution >= 0.6 is 0 Å². The third kappa shape index (κ3) is 1.82. The summed E-state index contributed by atoms with van der Waals surface area (Å²) in [6.45, 7) is 0.992. The summed E-state index contributed by atoms with van der Waals surface area (Å²) in [5, 5.41) is 8.86. The molecule has 0 aliphatic heterocycles. The van der Waals surface area contributed by atoms with E-state index < -0.39 is 0 Å². The minimum atomic E-state index is 0.552. The molecule has 1 aromatic rings. The van der Waals surface area contributed by atoms with Gasteiger partial charge in [0.25, 0.3) is 0 Å². The fraction of sp³-hybridized carbons (Fsp3) is 0.500. The Bertz CT molecular complexity index is 365. The maximum atomic E-state index is 8.86. The van der Waals surface area contributed by atoms with Crippen LogP contribution in [0.15, 0.2) is 12.5 Å². The molecule has 1 aliphatic rings. The van der Waals surface area contributed by atoms with E-state index in [4.69, 9.17) is 5.26 Å². The van der Waals surface area contributed by atoms with Gasteiger partial charge in [0.15, 0.2) is 0 Å². The average Bonchev–Trinajstić information content (AvgIpc) is 3.01. The Hall–Kier alpha value is -1.63. The molecule has 1 fully saturated rings. The lowest BCUT2D eigenvalue weighted by Crippen LogP contribution is -2.22. The van der Waals surface area contributed by atoms with Gasteiger partial charge in [-0.25, -0.2) is 9.97 Å². The Kier molecular flexibility index (Phi) is 2.32. The summed E-state index contributed by atoms with van der Waals surface area (Å²) in [7, 11) is 1.97. The first kappa shape index (κ1) is 8.95. The first-order chi connectivity index (χ1) is 6.81. The predicted octanol–water partition coefficient (Wildman–Crippen LogP) is 1.19. The molecule has 14 heavy (non-hydrogen) atoms. The maximum Gasteiger partial charge on any atom is 0.149 e. The summed E-state index contributed by atoms with van der Waals surface area (Å²) in [4.78, 5) is 10.00. The molecule has 4 nitrogen and oxygen atoms in total. The van der Waals surface area contributed by atoms with Gasteiger partial charge in [0.05, 0.1) is 6.20 Å². The van der Waals surface area contributed by atoms with Crippen molar-refractivity contribution in [2.45, 2.75) is 12.8 Å². The zero-order chi connectivity index (χ0) is 9.97. The van der Waals surface area contributed by atoms with Gasteiger partial charge in [0, 0.05) is 13.6 Å². The van der Waals surface area contributed by atoms with Crippen LogP contribution in [0.4, 0.5) is 5.82 Å². The van der Waals surface area contributed by atoms with Gasteiger partial charge >= 0.3 is 0 Å². The summed E-state index contributed by atoms with van der Waals surface area (Å²) in [6, 6.07) is 2.10. The number of hydrogen-bond donors (Lipinski definition) is 0. The van der Waals surface area contributed by atoms with E-state index >= 15 is 0 Å². The Labute approximate surface area is 83.2 Å². The quantitative estimate of drug-likeness (QED) is 0.715. The fourth-order valence-corrected chi connectivity index (χ4v) is 1.48. The Morgan fingerprint density at radius 1 is 1.64 bits per heavy atom. The molecule has 1 aromatic heterocycles. The van der Waals surface area contributed by atoms with Crippen LogP contribution in [-0.4, -0.2) is 23.6 Å². The van der Waals surface area contributed by atoms with Crippen molar-refractivity contribution in [2.24, 2.45) is 5.92 Å². The van der Waals surface area contributed by atoms with Gasteiger partial charge in [0.1, 0.15) is 23.8 Å². The first-order valence-electron chi connectivity index (χ1n) is 4.72. The van der Waals surface area contributed by atoms with Gasteiger partial charge in [-0.15, -0.1) is 0 Å². The van der Waals surface area contributed by atoms with E-state index in [2.05, 4.69) is 16.0 Å². The molecule has 1 heterocycles. The van der Waals surface area contributed by atoms with Crippen LogP contribution in [0.2, 0.25) is 0 Å². The van der Waals surface area contributed by atoms with Crippen LogP contribution in [-0.2, 0) is 0 Å². The molecule has 0 unspecified atom stereocenters. The first-order valence-corrected chi connectivity index (χ1v) is 4.72. The summed E-state index contributed by atoms with van der Waals surface area (Å²) in [5.74, 6) is 1.54. The van der Waals surface area contributed by atoms with Gasteiger partial charge in [-0.3, -0.25) is 0 Å². The standard InChI is InChI=1S/C10H12N4/c1-14(6-8-2-3-8)10-9(4-11)5-12-7-13-10/h5,7-8H,2-3,6H2,1H3. The van der Waals surface area contributed by atoms with E-state index in [1.54, 1.807) is 6.20 Å². The monoisotopic (exact) mass is 188 g/mol. The summed E-state index contributed by atoms with van der Waals surface area (Å²) in [6.07, 6.45) is 5.65. The molecule has 1 saturated carbocycles. The highest BCUT2D eigenvalue weighted by atomic mass is 15.2. The molecule has 0 amide bonds. The smallest absolute Gasteiger partial charge is 0.149 e. The highest BCUT2D eigenvalue weighted by molar-refractivity contribution is 5.51. The molecular formula is C10H12N4. The maximum absolute atomic E-state index is 8.86. The second kappa shape index (κ2) is 3.62. The lowest BCUT2D eigenvalue weighted by Gasteiger charge is -2.17. The molecule has 0 bridgehead atoms. The van der Waals surface area contributed by atoms with Crippen molar-refractivity contribution < 1.29 is 0 Å². The molecular weight excluding hydrogens is 176 g/mol. The van der Waals surface area contributed by atoms with Crippen molar-refractivity contribution in [1.29, 1.82) is 5.26 Å². The molecule has 0 aromatic carbocycles. The van der Waals surface area contributed by atoms with Crippen molar-refractivity contribution in [2.75, 3.05) is 18.5 Å². The van der Waals surface area contributed by atoms with Gasteiger partial charge < -0.3 is 4.90 Å². The van der Waals surface area contributed by atoms with Crippen LogP contribution in [0.3, 0.4) is 0 Å². The molecule has 1 aliphatic carbocycles. The molecule has 0 radical (unpaired) electrons. The Morgan fingerprint density at radius 3 is 3.07 bits per heavy atom. The largest absolute Gasteiger partial charge is 0.358 e. The zero-order valence-electron chi connectivity index (χ0n) is 8.14. The Morgan fingerprint density at radius 2 is 2.43 bits per heavy atom. The zero-order valence-corrected chi connectivity index (χ0v) is 8.14. The van der Waals surface area contributed by atoms with Gasteiger partial charge in [-0.2, -0.15) is 5.26 Å². The minimum absolute atomic E-state index is 0.552. The van der Waals surface area contributed by atoms with Crippen molar-refractivity contribution in [3.8, 4) is 6.07 Å². The second-order valence-electron chi connectivity index (χ2n) is 3.70. The van der Waals surface area contributed by atoms with Crippen LogP contribution in [0.25, 0.3) is 0 Å². The summed E-state index contributed by atoms with van der Waals surface area (Å²) >= 11 is 0. The van der Waals surface area contributed by atoms with E-state index in [9.17, 15) is 0 Å². The van der Waals surface area contributed by atoms with Crippen LogP contribution in [0.1, 0.15) is 18.4 Å². The second-order valence-corrected chi connectivity index (χ2v) is 3.70. The molecule has 0 spiro atoms. The van der Waals surface area contributed by atoms with E-state index in [0.717, 1.165) is 18.3 Å². The lowest BCUT2D eigenvalue weighted by atomic mass is 10.3. The number of rotatable bonds is 3. The number of nitriles is 1.